The Hall–Kier alpha value is -2.74. The van der Waals surface area contributed by atoms with Crippen LogP contribution in [0.5, 0.6) is 0 Å². The number of aryl methyl sites for hydroxylation is 1. The zero-order chi connectivity index (χ0) is 19.6. The summed E-state index contributed by atoms with van der Waals surface area (Å²) in [5.41, 5.74) is 3.55. The summed E-state index contributed by atoms with van der Waals surface area (Å²) < 4.78 is 2.59. The fourth-order valence-corrected chi connectivity index (χ4v) is 3.14. The molecular formula is C19H21BrN6O. The van der Waals surface area contributed by atoms with Crippen molar-refractivity contribution in [2.75, 3.05) is 19.0 Å². The largest absolute Gasteiger partial charge is 0.377 e. The van der Waals surface area contributed by atoms with E-state index in [0.717, 1.165) is 21.4 Å². The number of tetrazole rings is 1. The van der Waals surface area contributed by atoms with Crippen LogP contribution >= 0.6 is 15.9 Å². The maximum Gasteiger partial charge on any atom is 0.251 e. The molecule has 0 fully saturated rings. The van der Waals surface area contributed by atoms with E-state index < -0.39 is 0 Å². The Balaban J connectivity index is 1.79. The summed E-state index contributed by atoms with van der Waals surface area (Å²) in [7, 11) is 3.96. The van der Waals surface area contributed by atoms with Gasteiger partial charge in [-0.05, 0) is 72.3 Å². The second-order valence-electron chi connectivity index (χ2n) is 6.52. The van der Waals surface area contributed by atoms with Crippen LogP contribution in [0.3, 0.4) is 0 Å². The highest BCUT2D eigenvalue weighted by Gasteiger charge is 2.19. The van der Waals surface area contributed by atoms with Crippen molar-refractivity contribution in [2.45, 2.75) is 19.9 Å². The van der Waals surface area contributed by atoms with E-state index in [4.69, 9.17) is 0 Å². The first-order chi connectivity index (χ1) is 12.9. The second kappa shape index (κ2) is 7.87. The summed E-state index contributed by atoms with van der Waals surface area (Å²) in [5.74, 6) is 0.397. The van der Waals surface area contributed by atoms with Gasteiger partial charge in [0.2, 0.25) is 0 Å². The van der Waals surface area contributed by atoms with E-state index in [-0.39, 0.29) is 11.9 Å². The smallest absolute Gasteiger partial charge is 0.251 e. The minimum atomic E-state index is -0.357. The monoisotopic (exact) mass is 428 g/mol. The molecule has 0 aliphatic rings. The third kappa shape index (κ3) is 4.16. The number of benzene rings is 2. The van der Waals surface area contributed by atoms with Crippen molar-refractivity contribution in [3.05, 3.63) is 63.9 Å². The molecule has 1 amide bonds. The first kappa shape index (κ1) is 19.0. The number of amides is 1. The molecule has 27 heavy (non-hydrogen) atoms. The van der Waals surface area contributed by atoms with E-state index in [1.54, 1.807) is 4.68 Å². The van der Waals surface area contributed by atoms with Gasteiger partial charge in [0.05, 0.1) is 11.7 Å². The minimum absolute atomic E-state index is 0.165. The van der Waals surface area contributed by atoms with Gasteiger partial charge in [-0.15, -0.1) is 5.10 Å². The summed E-state index contributed by atoms with van der Waals surface area (Å²) in [6.07, 6.45) is 0. The Morgan fingerprint density at radius 2 is 1.89 bits per heavy atom. The van der Waals surface area contributed by atoms with Crippen LogP contribution in [0.4, 0.5) is 5.69 Å². The lowest BCUT2D eigenvalue weighted by molar-refractivity contribution is 0.0938. The summed E-state index contributed by atoms with van der Waals surface area (Å²) in [6, 6.07) is 12.9. The molecule has 0 aliphatic heterocycles. The zero-order valence-electron chi connectivity index (χ0n) is 15.6. The number of carbonyl (C=O) groups excluding carboxylic acids is 1. The zero-order valence-corrected chi connectivity index (χ0v) is 17.2. The molecule has 1 atom stereocenters. The standard InChI is InChI=1S/C19H21BrN6O/c1-12-11-14(5-10-17(12)25(3)4)19(27)21-13(2)18-22-23-24-26(18)16-8-6-15(20)7-9-16/h5-11,13H,1-4H3,(H,21,27). The van der Waals surface area contributed by atoms with Gasteiger partial charge in [0.1, 0.15) is 0 Å². The predicted molar refractivity (Wildman–Crippen MR) is 108 cm³/mol. The normalized spacial score (nSPS) is 11.9. The molecule has 1 heterocycles. The van der Waals surface area contributed by atoms with Crippen molar-refractivity contribution in [1.82, 2.24) is 25.5 Å². The third-order valence-electron chi connectivity index (χ3n) is 4.24. The molecule has 0 saturated carbocycles. The molecular weight excluding hydrogens is 408 g/mol. The molecule has 1 N–H and O–H groups in total. The van der Waals surface area contributed by atoms with E-state index >= 15 is 0 Å². The molecule has 2 aromatic carbocycles. The van der Waals surface area contributed by atoms with Crippen LogP contribution in [0.2, 0.25) is 0 Å². The minimum Gasteiger partial charge on any atom is -0.377 e. The number of rotatable bonds is 5. The molecule has 0 aliphatic carbocycles. The molecule has 8 heteroatoms. The fraction of sp³-hybridized carbons (Fsp3) is 0.263. The van der Waals surface area contributed by atoms with Crippen LogP contribution in [-0.2, 0) is 0 Å². The van der Waals surface area contributed by atoms with Gasteiger partial charge in [-0.1, -0.05) is 15.9 Å². The van der Waals surface area contributed by atoms with Gasteiger partial charge in [0, 0.05) is 29.8 Å². The van der Waals surface area contributed by atoms with E-state index in [0.29, 0.717) is 11.4 Å². The number of carbonyl (C=O) groups is 1. The summed E-state index contributed by atoms with van der Waals surface area (Å²) in [5, 5.41) is 14.9. The number of halogens is 1. The topological polar surface area (TPSA) is 75.9 Å². The average molecular weight is 429 g/mol. The predicted octanol–water partition coefficient (Wildman–Crippen LogP) is 3.29. The Kier molecular flexibility index (Phi) is 5.55. The second-order valence-corrected chi connectivity index (χ2v) is 7.43. The highest BCUT2D eigenvalue weighted by molar-refractivity contribution is 9.10. The quantitative estimate of drug-likeness (QED) is 0.674. The summed E-state index contributed by atoms with van der Waals surface area (Å²) >= 11 is 3.41. The van der Waals surface area contributed by atoms with Crippen LogP contribution in [0.1, 0.15) is 34.7 Å². The molecule has 0 spiro atoms. The molecule has 140 valence electrons. The van der Waals surface area contributed by atoms with E-state index in [2.05, 4.69) is 36.8 Å². The third-order valence-corrected chi connectivity index (χ3v) is 4.77. The van der Waals surface area contributed by atoms with Crippen molar-refractivity contribution in [1.29, 1.82) is 0 Å². The van der Waals surface area contributed by atoms with E-state index in [1.807, 2.05) is 75.3 Å². The Bertz CT molecular complexity index is 951. The first-order valence-electron chi connectivity index (χ1n) is 8.50. The molecule has 7 nitrogen and oxygen atoms in total. The van der Waals surface area contributed by atoms with Crippen LogP contribution in [-0.4, -0.2) is 40.2 Å². The Morgan fingerprint density at radius 1 is 1.19 bits per heavy atom. The molecule has 1 unspecified atom stereocenters. The lowest BCUT2D eigenvalue weighted by Gasteiger charge is -2.17. The SMILES string of the molecule is Cc1cc(C(=O)NC(C)c2nnnn2-c2ccc(Br)cc2)ccc1N(C)C. The summed E-state index contributed by atoms with van der Waals surface area (Å²) in [6.45, 7) is 3.85. The fourth-order valence-electron chi connectivity index (χ4n) is 2.87. The molecule has 0 saturated heterocycles. The van der Waals surface area contributed by atoms with Gasteiger partial charge < -0.3 is 10.2 Å². The Labute approximate surface area is 166 Å². The first-order valence-corrected chi connectivity index (χ1v) is 9.29. The molecule has 0 radical (unpaired) electrons. The van der Waals surface area contributed by atoms with Gasteiger partial charge in [0.15, 0.2) is 5.82 Å². The van der Waals surface area contributed by atoms with Crippen molar-refractivity contribution < 1.29 is 4.79 Å². The number of nitrogens with one attached hydrogen (secondary N) is 1. The average Bonchev–Trinajstić information content (AvgIpc) is 3.11. The van der Waals surface area contributed by atoms with Crippen molar-refractivity contribution in [3.8, 4) is 5.69 Å². The highest BCUT2D eigenvalue weighted by atomic mass is 79.9. The van der Waals surface area contributed by atoms with Crippen LogP contribution in [0.15, 0.2) is 46.9 Å². The molecule has 1 aromatic heterocycles. The van der Waals surface area contributed by atoms with Gasteiger partial charge in [0.25, 0.3) is 5.91 Å². The van der Waals surface area contributed by atoms with Crippen molar-refractivity contribution in [2.24, 2.45) is 0 Å². The molecule has 0 bridgehead atoms. The number of hydrogen-bond acceptors (Lipinski definition) is 5. The number of hydrogen-bond donors (Lipinski definition) is 1. The maximum absolute atomic E-state index is 12.7. The molecule has 3 aromatic rings. The highest BCUT2D eigenvalue weighted by Crippen LogP contribution is 2.20. The van der Waals surface area contributed by atoms with Crippen LogP contribution < -0.4 is 10.2 Å². The lowest BCUT2D eigenvalue weighted by Crippen LogP contribution is -2.29. The van der Waals surface area contributed by atoms with Gasteiger partial charge >= 0.3 is 0 Å². The van der Waals surface area contributed by atoms with Crippen LogP contribution in [0, 0.1) is 6.92 Å². The van der Waals surface area contributed by atoms with E-state index in [9.17, 15) is 4.79 Å². The Morgan fingerprint density at radius 3 is 2.52 bits per heavy atom. The van der Waals surface area contributed by atoms with E-state index in [1.165, 1.54) is 0 Å². The number of aromatic nitrogens is 4. The lowest BCUT2D eigenvalue weighted by atomic mass is 10.1. The van der Waals surface area contributed by atoms with Gasteiger partial charge in [-0.2, -0.15) is 4.68 Å². The maximum atomic E-state index is 12.7. The van der Waals surface area contributed by atoms with Crippen molar-refractivity contribution in [3.63, 3.8) is 0 Å². The van der Waals surface area contributed by atoms with Gasteiger partial charge in [-0.25, -0.2) is 0 Å². The van der Waals surface area contributed by atoms with Gasteiger partial charge in [-0.3, -0.25) is 4.79 Å². The molecule has 3 rings (SSSR count). The summed E-state index contributed by atoms with van der Waals surface area (Å²) in [4.78, 5) is 14.7. The van der Waals surface area contributed by atoms with Crippen molar-refractivity contribution >= 4 is 27.5 Å². The number of anilines is 1. The van der Waals surface area contributed by atoms with Crippen LogP contribution in [0.25, 0.3) is 5.69 Å². The number of nitrogens with zero attached hydrogens (tertiary/aromatic N) is 5.